The zero-order valence-corrected chi connectivity index (χ0v) is 13.6. The Kier molecular flexibility index (Phi) is 8.63. The van der Waals surface area contributed by atoms with Gasteiger partial charge >= 0.3 is 0 Å². The molecule has 0 amide bonds. The zero-order chi connectivity index (χ0) is 13.2. The normalized spacial score (nSPS) is 12.6. The second kappa shape index (κ2) is 9.75. The van der Waals surface area contributed by atoms with Gasteiger partial charge in [-0.25, -0.2) is 0 Å². The van der Waals surface area contributed by atoms with Gasteiger partial charge < -0.3 is 10.1 Å². The second-order valence-corrected chi connectivity index (χ2v) is 5.71. The van der Waals surface area contributed by atoms with Gasteiger partial charge in [0.2, 0.25) is 0 Å². The van der Waals surface area contributed by atoms with Crippen LogP contribution in [0.1, 0.15) is 32.3 Å². The smallest absolute Gasteiger partial charge is 0.0480 e. The first-order chi connectivity index (χ1) is 8.76. The molecule has 18 heavy (non-hydrogen) atoms. The molecule has 0 saturated carbocycles. The van der Waals surface area contributed by atoms with Crippen LogP contribution in [0, 0.1) is 3.57 Å². The van der Waals surface area contributed by atoms with E-state index < -0.39 is 0 Å². The van der Waals surface area contributed by atoms with E-state index in [1.165, 1.54) is 15.6 Å². The lowest BCUT2D eigenvalue weighted by atomic mass is 10.0. The first-order valence-electron chi connectivity index (χ1n) is 6.81. The molecule has 0 aliphatic heterocycles. The lowest BCUT2D eigenvalue weighted by molar-refractivity contribution is 0.136. The van der Waals surface area contributed by atoms with Gasteiger partial charge in [0.15, 0.2) is 0 Å². The summed E-state index contributed by atoms with van der Waals surface area (Å²) in [4.78, 5) is 0. The maximum Gasteiger partial charge on any atom is 0.0480 e. The van der Waals surface area contributed by atoms with Gasteiger partial charge in [-0.1, -0.05) is 19.1 Å². The summed E-state index contributed by atoms with van der Waals surface area (Å²) in [6.45, 7) is 7.00. The summed E-state index contributed by atoms with van der Waals surface area (Å²) in [6.07, 6.45) is 3.35. The van der Waals surface area contributed by atoms with Crippen molar-refractivity contribution >= 4 is 22.6 Å². The summed E-state index contributed by atoms with van der Waals surface area (Å²) >= 11 is 2.34. The molecule has 0 saturated heterocycles. The average molecular weight is 361 g/mol. The van der Waals surface area contributed by atoms with Crippen LogP contribution in [0.25, 0.3) is 0 Å². The van der Waals surface area contributed by atoms with E-state index in [1.54, 1.807) is 0 Å². The average Bonchev–Trinajstić information content (AvgIpc) is 2.38. The van der Waals surface area contributed by atoms with E-state index in [9.17, 15) is 0 Å². The van der Waals surface area contributed by atoms with Crippen LogP contribution in [0.5, 0.6) is 0 Å². The van der Waals surface area contributed by atoms with Crippen LogP contribution < -0.4 is 5.32 Å². The van der Waals surface area contributed by atoms with Crippen LogP contribution in [0.4, 0.5) is 0 Å². The van der Waals surface area contributed by atoms with Crippen LogP contribution in [0.15, 0.2) is 24.3 Å². The molecule has 0 radical (unpaired) electrons. The molecular formula is C15H24INO. The molecule has 0 heterocycles. The first kappa shape index (κ1) is 15.9. The molecule has 0 spiro atoms. The van der Waals surface area contributed by atoms with E-state index in [0.29, 0.717) is 6.04 Å². The van der Waals surface area contributed by atoms with Crippen LogP contribution in [-0.4, -0.2) is 25.8 Å². The molecule has 2 nitrogen and oxygen atoms in total. The minimum atomic E-state index is 0.525. The molecular weight excluding hydrogens is 337 g/mol. The Morgan fingerprint density at radius 1 is 1.22 bits per heavy atom. The van der Waals surface area contributed by atoms with E-state index in [2.05, 4.69) is 59.1 Å². The van der Waals surface area contributed by atoms with E-state index in [4.69, 9.17) is 4.74 Å². The number of nitrogens with one attached hydrogen (secondary N) is 1. The van der Waals surface area contributed by atoms with E-state index in [1.807, 2.05) is 6.92 Å². The highest BCUT2D eigenvalue weighted by atomic mass is 127. The first-order valence-corrected chi connectivity index (χ1v) is 7.89. The van der Waals surface area contributed by atoms with Gasteiger partial charge in [0, 0.05) is 22.8 Å². The van der Waals surface area contributed by atoms with Crippen molar-refractivity contribution in [2.45, 2.75) is 39.2 Å². The third-order valence-electron chi connectivity index (χ3n) is 2.89. The summed E-state index contributed by atoms with van der Waals surface area (Å²) in [5, 5.41) is 3.61. The Morgan fingerprint density at radius 3 is 2.56 bits per heavy atom. The van der Waals surface area contributed by atoms with Crippen molar-refractivity contribution < 1.29 is 4.74 Å². The minimum Gasteiger partial charge on any atom is -0.382 e. The van der Waals surface area contributed by atoms with Crippen molar-refractivity contribution in [3.05, 3.63) is 33.4 Å². The maximum atomic E-state index is 5.46. The molecule has 1 unspecified atom stereocenters. The van der Waals surface area contributed by atoms with Crippen LogP contribution in [0.2, 0.25) is 0 Å². The number of rotatable bonds is 9. The predicted octanol–water partition coefficient (Wildman–Crippen LogP) is 3.63. The van der Waals surface area contributed by atoms with Crippen molar-refractivity contribution in [2.24, 2.45) is 0 Å². The fourth-order valence-corrected chi connectivity index (χ4v) is 2.26. The quantitative estimate of drug-likeness (QED) is 0.536. The molecule has 0 fully saturated rings. The van der Waals surface area contributed by atoms with Crippen LogP contribution in [-0.2, 0) is 11.2 Å². The van der Waals surface area contributed by atoms with Crippen molar-refractivity contribution in [3.63, 3.8) is 0 Å². The van der Waals surface area contributed by atoms with Gasteiger partial charge in [0.05, 0.1) is 0 Å². The molecule has 1 rings (SSSR count). The lowest BCUT2D eigenvalue weighted by Gasteiger charge is -2.18. The van der Waals surface area contributed by atoms with Crippen molar-refractivity contribution in [1.82, 2.24) is 5.32 Å². The molecule has 3 heteroatoms. The Labute approximate surface area is 125 Å². The maximum absolute atomic E-state index is 5.46. The summed E-state index contributed by atoms with van der Waals surface area (Å²) < 4.78 is 6.75. The molecule has 102 valence electrons. The fourth-order valence-electron chi connectivity index (χ4n) is 1.90. The number of hydrogen-bond acceptors (Lipinski definition) is 2. The second-order valence-electron chi connectivity index (χ2n) is 4.47. The zero-order valence-electron chi connectivity index (χ0n) is 11.4. The topological polar surface area (TPSA) is 21.3 Å². The minimum absolute atomic E-state index is 0.525. The van der Waals surface area contributed by atoms with Gasteiger partial charge in [-0.05, 0) is 73.0 Å². The molecule has 0 bridgehead atoms. The third kappa shape index (κ3) is 6.71. The van der Waals surface area contributed by atoms with Gasteiger partial charge in [-0.2, -0.15) is 0 Å². The SMILES string of the molecule is CCCNC(CCOCC)Cc1ccc(I)cc1. The van der Waals surface area contributed by atoms with E-state index in [-0.39, 0.29) is 0 Å². The van der Waals surface area contributed by atoms with E-state index >= 15 is 0 Å². The number of hydrogen-bond donors (Lipinski definition) is 1. The predicted molar refractivity (Wildman–Crippen MR) is 86.1 cm³/mol. The number of benzene rings is 1. The summed E-state index contributed by atoms with van der Waals surface area (Å²) in [7, 11) is 0. The Balaban J connectivity index is 2.45. The third-order valence-corrected chi connectivity index (χ3v) is 3.61. The van der Waals surface area contributed by atoms with Crippen LogP contribution in [0.3, 0.4) is 0 Å². The van der Waals surface area contributed by atoms with Gasteiger partial charge in [-0.15, -0.1) is 0 Å². The monoisotopic (exact) mass is 361 g/mol. The summed E-state index contributed by atoms with van der Waals surface area (Å²) in [6, 6.07) is 9.33. The van der Waals surface area contributed by atoms with Gasteiger partial charge in [0.1, 0.15) is 0 Å². The number of halogens is 1. The molecule has 1 atom stereocenters. The summed E-state index contributed by atoms with van der Waals surface area (Å²) in [5.74, 6) is 0. The molecule has 1 aromatic carbocycles. The molecule has 0 aromatic heterocycles. The van der Waals surface area contributed by atoms with E-state index in [0.717, 1.165) is 32.6 Å². The van der Waals surface area contributed by atoms with Crippen molar-refractivity contribution in [2.75, 3.05) is 19.8 Å². The Hall–Kier alpha value is -0.130. The standard InChI is InChI=1S/C15H24INO/c1-3-10-17-15(9-11-18-4-2)12-13-5-7-14(16)8-6-13/h5-8,15,17H,3-4,9-12H2,1-2H3. The molecule has 0 aliphatic rings. The van der Waals surface area contributed by atoms with Crippen molar-refractivity contribution in [1.29, 1.82) is 0 Å². The lowest BCUT2D eigenvalue weighted by Crippen LogP contribution is -2.33. The Morgan fingerprint density at radius 2 is 1.94 bits per heavy atom. The van der Waals surface area contributed by atoms with Crippen LogP contribution >= 0.6 is 22.6 Å². The highest BCUT2D eigenvalue weighted by Crippen LogP contribution is 2.10. The van der Waals surface area contributed by atoms with Gasteiger partial charge in [0.25, 0.3) is 0 Å². The Bertz CT molecular complexity index is 313. The number of ether oxygens (including phenoxy) is 1. The molecule has 0 aliphatic carbocycles. The highest BCUT2D eigenvalue weighted by molar-refractivity contribution is 14.1. The molecule has 1 N–H and O–H groups in total. The fraction of sp³-hybridized carbons (Fsp3) is 0.600. The van der Waals surface area contributed by atoms with Gasteiger partial charge in [-0.3, -0.25) is 0 Å². The summed E-state index contributed by atoms with van der Waals surface area (Å²) in [5.41, 5.74) is 1.40. The highest BCUT2D eigenvalue weighted by Gasteiger charge is 2.08. The largest absolute Gasteiger partial charge is 0.382 e. The van der Waals surface area contributed by atoms with Crippen molar-refractivity contribution in [3.8, 4) is 0 Å². The molecule has 1 aromatic rings.